The lowest BCUT2D eigenvalue weighted by molar-refractivity contribution is 0.199. The first-order chi connectivity index (χ1) is 4.88. The zero-order valence-corrected chi connectivity index (χ0v) is 5.50. The van der Waals surface area contributed by atoms with Gasteiger partial charge in [0.05, 0.1) is 0 Å². The van der Waals surface area contributed by atoms with E-state index in [0.717, 1.165) is 13.1 Å². The predicted molar refractivity (Wildman–Crippen MR) is 36.2 cm³/mol. The second kappa shape index (κ2) is 1.98. The zero-order valence-electron chi connectivity index (χ0n) is 5.50. The van der Waals surface area contributed by atoms with Crippen molar-refractivity contribution in [2.24, 2.45) is 0 Å². The Bertz CT molecular complexity index is 189. The summed E-state index contributed by atoms with van der Waals surface area (Å²) in [6.45, 7) is 1.70. The maximum absolute atomic E-state index is 11.0. The Morgan fingerprint density at radius 2 is 2.60 bits per heavy atom. The van der Waals surface area contributed by atoms with Crippen molar-refractivity contribution in [3.05, 3.63) is 12.3 Å². The van der Waals surface area contributed by atoms with E-state index in [0.29, 0.717) is 0 Å². The lowest BCUT2D eigenvalue weighted by atomic mass is 10.4. The summed E-state index contributed by atoms with van der Waals surface area (Å²) < 4.78 is 0. The molecule has 0 bridgehead atoms. The van der Waals surface area contributed by atoms with Gasteiger partial charge in [0.2, 0.25) is 0 Å². The van der Waals surface area contributed by atoms with Gasteiger partial charge < -0.3 is 10.2 Å². The molecule has 2 aliphatic heterocycles. The number of fused-ring (bicyclic) bond motifs is 1. The van der Waals surface area contributed by atoms with Gasteiger partial charge in [-0.15, -0.1) is 0 Å². The van der Waals surface area contributed by atoms with E-state index in [1.807, 2.05) is 6.08 Å². The zero-order chi connectivity index (χ0) is 6.97. The molecule has 54 valence electrons. The Hall–Kier alpha value is -1.03. The van der Waals surface area contributed by atoms with Crippen LogP contribution in [0, 0.1) is 0 Å². The molecule has 0 aliphatic carbocycles. The van der Waals surface area contributed by atoms with E-state index >= 15 is 0 Å². The van der Waals surface area contributed by atoms with Crippen molar-refractivity contribution in [3.8, 4) is 0 Å². The first kappa shape index (κ1) is 5.73. The van der Waals surface area contributed by atoms with Gasteiger partial charge in [-0.1, -0.05) is 0 Å². The molecular weight excluding hydrogens is 130 g/mol. The third-order valence-electron chi connectivity index (χ3n) is 1.79. The Labute approximate surface area is 58.9 Å². The highest BCUT2D eigenvalue weighted by Crippen LogP contribution is 2.07. The van der Waals surface area contributed by atoms with Crippen molar-refractivity contribution in [2.75, 3.05) is 13.1 Å². The van der Waals surface area contributed by atoms with Crippen LogP contribution in [0.15, 0.2) is 12.3 Å². The van der Waals surface area contributed by atoms with Crippen molar-refractivity contribution in [3.63, 3.8) is 0 Å². The molecule has 1 fully saturated rings. The van der Waals surface area contributed by atoms with Crippen LogP contribution in [-0.4, -0.2) is 30.2 Å². The molecule has 0 saturated carbocycles. The van der Waals surface area contributed by atoms with Crippen LogP contribution in [0.2, 0.25) is 0 Å². The van der Waals surface area contributed by atoms with Gasteiger partial charge >= 0.3 is 6.03 Å². The molecule has 2 amide bonds. The Kier molecular flexibility index (Phi) is 1.14. The van der Waals surface area contributed by atoms with Crippen LogP contribution in [0.4, 0.5) is 4.79 Å². The van der Waals surface area contributed by atoms with Crippen LogP contribution in [-0.2, 0) is 0 Å². The number of amides is 2. The first-order valence-corrected chi connectivity index (χ1v) is 3.35. The minimum Gasteiger partial charge on any atom is -0.315 e. The quantitative estimate of drug-likeness (QED) is 0.473. The number of hydrogen-bond donors (Lipinski definition) is 2. The summed E-state index contributed by atoms with van der Waals surface area (Å²) in [5.41, 5.74) is 0. The van der Waals surface area contributed by atoms with Gasteiger partial charge in [-0.3, -0.25) is 5.32 Å². The topological polar surface area (TPSA) is 44.4 Å². The molecule has 0 radical (unpaired) electrons. The van der Waals surface area contributed by atoms with E-state index in [2.05, 4.69) is 10.6 Å². The van der Waals surface area contributed by atoms with Gasteiger partial charge in [0, 0.05) is 19.3 Å². The Morgan fingerprint density at radius 1 is 1.70 bits per heavy atom. The molecule has 2 aliphatic rings. The van der Waals surface area contributed by atoms with Crippen molar-refractivity contribution < 1.29 is 4.79 Å². The van der Waals surface area contributed by atoms with E-state index in [-0.39, 0.29) is 12.2 Å². The SMILES string of the molecule is O=C1NC=CC2NCCN12. The van der Waals surface area contributed by atoms with E-state index in [1.165, 1.54) is 0 Å². The molecular formula is C6H9N3O. The molecule has 4 heteroatoms. The Morgan fingerprint density at radius 3 is 3.40 bits per heavy atom. The number of carbonyl (C=O) groups excluding carboxylic acids is 1. The lowest BCUT2D eigenvalue weighted by Crippen LogP contribution is -2.46. The summed E-state index contributed by atoms with van der Waals surface area (Å²) in [5.74, 6) is 0. The first-order valence-electron chi connectivity index (χ1n) is 3.35. The highest BCUT2D eigenvalue weighted by atomic mass is 16.2. The summed E-state index contributed by atoms with van der Waals surface area (Å²) in [7, 11) is 0. The monoisotopic (exact) mass is 139 g/mol. The molecule has 1 unspecified atom stereocenters. The molecule has 1 saturated heterocycles. The maximum Gasteiger partial charge on any atom is 0.322 e. The number of hydrogen-bond acceptors (Lipinski definition) is 2. The van der Waals surface area contributed by atoms with Gasteiger partial charge in [-0.05, 0) is 6.08 Å². The van der Waals surface area contributed by atoms with E-state index < -0.39 is 0 Å². The predicted octanol–water partition coefficient (Wildman–Crippen LogP) is -0.545. The van der Waals surface area contributed by atoms with Crippen molar-refractivity contribution >= 4 is 6.03 Å². The van der Waals surface area contributed by atoms with Crippen LogP contribution in [0.5, 0.6) is 0 Å². The fourth-order valence-corrected chi connectivity index (χ4v) is 1.28. The highest BCUT2D eigenvalue weighted by molar-refractivity contribution is 5.77. The molecule has 2 heterocycles. The third kappa shape index (κ3) is 0.690. The largest absolute Gasteiger partial charge is 0.322 e. The van der Waals surface area contributed by atoms with Gasteiger partial charge in [0.15, 0.2) is 0 Å². The third-order valence-corrected chi connectivity index (χ3v) is 1.79. The lowest BCUT2D eigenvalue weighted by Gasteiger charge is -2.24. The van der Waals surface area contributed by atoms with Crippen molar-refractivity contribution in [1.82, 2.24) is 15.5 Å². The van der Waals surface area contributed by atoms with E-state index in [1.54, 1.807) is 11.1 Å². The molecule has 0 spiro atoms. The van der Waals surface area contributed by atoms with Crippen LogP contribution in [0.3, 0.4) is 0 Å². The van der Waals surface area contributed by atoms with Gasteiger partial charge in [0.1, 0.15) is 6.17 Å². The fraction of sp³-hybridized carbons (Fsp3) is 0.500. The molecule has 0 aromatic rings. The number of nitrogens with zero attached hydrogens (tertiary/aromatic N) is 1. The average molecular weight is 139 g/mol. The number of nitrogens with one attached hydrogen (secondary N) is 2. The minimum absolute atomic E-state index is 0.00231. The fourth-order valence-electron chi connectivity index (χ4n) is 1.28. The summed E-state index contributed by atoms with van der Waals surface area (Å²) in [4.78, 5) is 12.8. The smallest absolute Gasteiger partial charge is 0.315 e. The molecule has 2 rings (SSSR count). The Balaban J connectivity index is 2.22. The molecule has 4 nitrogen and oxygen atoms in total. The summed E-state index contributed by atoms with van der Waals surface area (Å²) in [5, 5.41) is 5.79. The minimum atomic E-state index is -0.00231. The molecule has 1 atom stereocenters. The van der Waals surface area contributed by atoms with E-state index in [9.17, 15) is 4.79 Å². The summed E-state index contributed by atoms with van der Waals surface area (Å²) in [6, 6.07) is -0.00231. The normalized spacial score (nSPS) is 30.2. The average Bonchev–Trinajstić information content (AvgIpc) is 2.36. The van der Waals surface area contributed by atoms with Crippen LogP contribution >= 0.6 is 0 Å². The van der Waals surface area contributed by atoms with Crippen LogP contribution < -0.4 is 10.6 Å². The van der Waals surface area contributed by atoms with Crippen LogP contribution in [0.1, 0.15) is 0 Å². The summed E-state index contributed by atoms with van der Waals surface area (Å²) >= 11 is 0. The number of carbonyl (C=O) groups is 1. The van der Waals surface area contributed by atoms with Gasteiger partial charge in [-0.2, -0.15) is 0 Å². The second-order valence-corrected chi connectivity index (χ2v) is 2.40. The highest BCUT2D eigenvalue weighted by Gasteiger charge is 2.27. The molecule has 0 aromatic heterocycles. The molecule has 2 N–H and O–H groups in total. The maximum atomic E-state index is 11.0. The standard InChI is InChI=1S/C6H9N3O/c10-6-8-2-1-5-7-3-4-9(5)6/h1-2,5,7H,3-4H2,(H,8,10). The van der Waals surface area contributed by atoms with Gasteiger partial charge in [-0.25, -0.2) is 4.79 Å². The molecule has 10 heavy (non-hydrogen) atoms. The van der Waals surface area contributed by atoms with Crippen LogP contribution in [0.25, 0.3) is 0 Å². The van der Waals surface area contributed by atoms with Gasteiger partial charge in [0.25, 0.3) is 0 Å². The van der Waals surface area contributed by atoms with Crippen molar-refractivity contribution in [2.45, 2.75) is 6.17 Å². The summed E-state index contributed by atoms with van der Waals surface area (Å²) in [6.07, 6.45) is 3.75. The van der Waals surface area contributed by atoms with Crippen molar-refractivity contribution in [1.29, 1.82) is 0 Å². The molecule has 0 aromatic carbocycles. The van der Waals surface area contributed by atoms with E-state index in [4.69, 9.17) is 0 Å². The number of rotatable bonds is 0. The number of urea groups is 1. The second-order valence-electron chi connectivity index (χ2n) is 2.40.